The molecule has 0 bridgehead atoms. The highest BCUT2D eigenvalue weighted by molar-refractivity contribution is 6.13. The number of amides is 2. The molecule has 0 radical (unpaired) electrons. The molecule has 1 atom stereocenters. The number of hydrogen-bond donors (Lipinski definition) is 2. The van der Waals surface area contributed by atoms with Crippen LogP contribution in [-0.4, -0.2) is 61.8 Å². The fourth-order valence-electron chi connectivity index (χ4n) is 3.89. The van der Waals surface area contributed by atoms with Gasteiger partial charge in [-0.25, -0.2) is 0 Å². The lowest BCUT2D eigenvalue weighted by Crippen LogP contribution is -2.55. The first-order valence-electron chi connectivity index (χ1n) is 10.8. The van der Waals surface area contributed by atoms with Crippen LogP contribution in [0.2, 0.25) is 0 Å². The van der Waals surface area contributed by atoms with Crippen molar-refractivity contribution in [1.82, 2.24) is 5.32 Å². The summed E-state index contributed by atoms with van der Waals surface area (Å²) in [7, 11) is 1.57. The van der Waals surface area contributed by atoms with Gasteiger partial charge in [-0.3, -0.25) is 14.4 Å². The Bertz CT molecular complexity index is 1030. The van der Waals surface area contributed by atoms with E-state index in [0.29, 0.717) is 43.2 Å². The molecule has 0 saturated carbocycles. The van der Waals surface area contributed by atoms with Gasteiger partial charge in [0, 0.05) is 24.8 Å². The van der Waals surface area contributed by atoms with E-state index in [1.807, 2.05) is 12.1 Å². The van der Waals surface area contributed by atoms with Crippen molar-refractivity contribution in [2.24, 2.45) is 0 Å². The van der Waals surface area contributed by atoms with Crippen molar-refractivity contribution in [3.8, 4) is 11.5 Å². The summed E-state index contributed by atoms with van der Waals surface area (Å²) in [5, 5.41) is 12.1. The predicted octanol–water partition coefficient (Wildman–Crippen LogP) is 1.46. The number of nitrogens with zero attached hydrogens (tertiary/aromatic N) is 1. The van der Waals surface area contributed by atoms with Gasteiger partial charge in [0.1, 0.15) is 18.1 Å². The van der Waals surface area contributed by atoms with Crippen molar-refractivity contribution in [2.45, 2.75) is 31.5 Å². The van der Waals surface area contributed by atoms with Gasteiger partial charge in [-0.2, -0.15) is 0 Å². The van der Waals surface area contributed by atoms with E-state index in [2.05, 4.69) is 5.32 Å². The lowest BCUT2D eigenvalue weighted by atomic mass is 10.0. The van der Waals surface area contributed by atoms with E-state index in [-0.39, 0.29) is 18.2 Å². The molecular weight excluding hydrogens is 428 g/mol. The first kappa shape index (κ1) is 22.8. The van der Waals surface area contributed by atoms with E-state index in [0.717, 1.165) is 5.56 Å². The maximum Gasteiger partial charge on any atom is 0.278 e. The molecule has 0 aliphatic carbocycles. The number of aliphatic hydroxyl groups excluding tert-OH is 1. The minimum absolute atomic E-state index is 0.0800. The zero-order chi connectivity index (χ0) is 23.4. The summed E-state index contributed by atoms with van der Waals surface area (Å²) in [6, 6.07) is 11.7. The Morgan fingerprint density at radius 3 is 2.55 bits per heavy atom. The lowest BCUT2D eigenvalue weighted by molar-refractivity contribution is -0.139. The number of nitrogens with one attached hydrogen (secondary N) is 1. The molecular formula is C24H26N2O7. The highest BCUT2D eigenvalue weighted by Gasteiger charge is 2.40. The smallest absolute Gasteiger partial charge is 0.278 e. The first-order valence-corrected chi connectivity index (χ1v) is 10.8. The van der Waals surface area contributed by atoms with Crippen LogP contribution in [-0.2, 0) is 20.9 Å². The molecule has 0 spiro atoms. The summed E-state index contributed by atoms with van der Waals surface area (Å²) in [5.74, 6) is -0.528. The molecule has 2 aromatic carbocycles. The van der Waals surface area contributed by atoms with Crippen LogP contribution in [0.25, 0.3) is 0 Å². The summed E-state index contributed by atoms with van der Waals surface area (Å²) in [4.78, 5) is 39.8. The van der Waals surface area contributed by atoms with Gasteiger partial charge in [-0.15, -0.1) is 0 Å². The largest absolute Gasteiger partial charge is 0.497 e. The third kappa shape index (κ3) is 4.99. The molecule has 2 aliphatic rings. The average molecular weight is 454 g/mol. The van der Waals surface area contributed by atoms with E-state index in [1.54, 1.807) is 25.3 Å². The van der Waals surface area contributed by atoms with Gasteiger partial charge in [-0.05, 0) is 48.7 Å². The number of anilines is 1. The summed E-state index contributed by atoms with van der Waals surface area (Å²) in [6.07, 6.45) is -0.00498. The third-order valence-corrected chi connectivity index (χ3v) is 5.76. The molecule has 0 aromatic heterocycles. The molecule has 2 aromatic rings. The number of carbonyl (C=O) groups is 3. The fraction of sp³-hybridized carbons (Fsp3) is 0.375. The number of ether oxygens (including phenoxy) is 3. The minimum Gasteiger partial charge on any atom is -0.497 e. The van der Waals surface area contributed by atoms with Crippen molar-refractivity contribution in [3.63, 3.8) is 0 Å². The quantitative estimate of drug-likeness (QED) is 0.481. The Morgan fingerprint density at radius 2 is 1.88 bits per heavy atom. The Morgan fingerprint density at radius 1 is 1.15 bits per heavy atom. The number of carbonyl (C=O) groups excluding carboxylic acids is 3. The monoisotopic (exact) mass is 454 g/mol. The molecule has 2 amide bonds. The Hall–Kier alpha value is -3.43. The summed E-state index contributed by atoms with van der Waals surface area (Å²) in [6.45, 7) is 0.621. The fourth-order valence-corrected chi connectivity index (χ4v) is 3.89. The van der Waals surface area contributed by atoms with Crippen LogP contribution in [0.1, 0.15) is 28.8 Å². The molecule has 174 valence electrons. The maximum absolute atomic E-state index is 13.4. The SMILES string of the molecule is COc1ccc(CN2C(=O)C(C(=O)NC3CCOCC3)Oc3ccc(C(=O)CO)cc32)cc1. The summed E-state index contributed by atoms with van der Waals surface area (Å²) in [5.41, 5.74) is 1.42. The molecule has 1 saturated heterocycles. The van der Waals surface area contributed by atoms with Gasteiger partial charge in [0.2, 0.25) is 0 Å². The van der Waals surface area contributed by atoms with Crippen LogP contribution in [0.5, 0.6) is 11.5 Å². The molecule has 33 heavy (non-hydrogen) atoms. The number of benzene rings is 2. The van der Waals surface area contributed by atoms with Crippen LogP contribution in [0, 0.1) is 0 Å². The van der Waals surface area contributed by atoms with E-state index in [9.17, 15) is 19.5 Å². The van der Waals surface area contributed by atoms with Gasteiger partial charge < -0.3 is 29.5 Å². The maximum atomic E-state index is 13.4. The van der Waals surface area contributed by atoms with Gasteiger partial charge in [-0.1, -0.05) is 12.1 Å². The van der Waals surface area contributed by atoms with Gasteiger partial charge >= 0.3 is 0 Å². The zero-order valence-electron chi connectivity index (χ0n) is 18.3. The van der Waals surface area contributed by atoms with Crippen LogP contribution in [0.15, 0.2) is 42.5 Å². The standard InChI is InChI=1S/C24H26N2O7/c1-31-18-5-2-15(3-6-18)13-26-19-12-16(20(28)14-27)4-7-21(19)33-22(24(26)30)23(29)25-17-8-10-32-11-9-17/h2-7,12,17,22,27H,8-11,13-14H2,1H3,(H,25,29). The molecule has 1 fully saturated rings. The lowest BCUT2D eigenvalue weighted by Gasteiger charge is -2.35. The number of ketones is 1. The number of hydrogen-bond acceptors (Lipinski definition) is 7. The second-order valence-electron chi connectivity index (χ2n) is 7.93. The van der Waals surface area contributed by atoms with Crippen molar-refractivity contribution >= 4 is 23.3 Å². The normalized spacial score (nSPS) is 18.3. The van der Waals surface area contributed by atoms with Gasteiger partial charge in [0.05, 0.1) is 19.3 Å². The summed E-state index contributed by atoms with van der Waals surface area (Å²) >= 11 is 0. The van der Waals surface area contributed by atoms with E-state index in [4.69, 9.17) is 14.2 Å². The molecule has 2 aliphatic heterocycles. The summed E-state index contributed by atoms with van der Waals surface area (Å²) < 4.78 is 16.3. The van der Waals surface area contributed by atoms with Crippen molar-refractivity contribution in [1.29, 1.82) is 0 Å². The van der Waals surface area contributed by atoms with E-state index < -0.39 is 30.3 Å². The van der Waals surface area contributed by atoms with Gasteiger partial charge in [0.15, 0.2) is 5.78 Å². The highest BCUT2D eigenvalue weighted by Crippen LogP contribution is 2.36. The molecule has 9 nitrogen and oxygen atoms in total. The zero-order valence-corrected chi connectivity index (χ0v) is 18.3. The van der Waals surface area contributed by atoms with Crippen LogP contribution in [0.4, 0.5) is 5.69 Å². The van der Waals surface area contributed by atoms with E-state index in [1.165, 1.54) is 17.0 Å². The van der Waals surface area contributed by atoms with Crippen LogP contribution < -0.4 is 19.7 Å². The number of methoxy groups -OCH3 is 1. The Balaban J connectivity index is 1.64. The number of rotatable bonds is 7. The Kier molecular flexibility index (Phi) is 6.90. The number of fused-ring (bicyclic) bond motifs is 1. The van der Waals surface area contributed by atoms with Crippen molar-refractivity contribution in [3.05, 3.63) is 53.6 Å². The second kappa shape index (κ2) is 10.0. The van der Waals surface area contributed by atoms with Crippen molar-refractivity contribution in [2.75, 3.05) is 31.8 Å². The highest BCUT2D eigenvalue weighted by atomic mass is 16.5. The van der Waals surface area contributed by atoms with Crippen LogP contribution in [0.3, 0.4) is 0 Å². The molecule has 2 heterocycles. The predicted molar refractivity (Wildman–Crippen MR) is 118 cm³/mol. The molecule has 9 heteroatoms. The molecule has 4 rings (SSSR count). The van der Waals surface area contributed by atoms with Gasteiger partial charge in [0.25, 0.3) is 17.9 Å². The van der Waals surface area contributed by atoms with Crippen LogP contribution >= 0.6 is 0 Å². The molecule has 2 N–H and O–H groups in total. The van der Waals surface area contributed by atoms with Crippen molar-refractivity contribution < 1.29 is 33.7 Å². The number of aliphatic hydroxyl groups is 1. The van der Waals surface area contributed by atoms with E-state index >= 15 is 0 Å². The second-order valence-corrected chi connectivity index (χ2v) is 7.93. The molecule has 1 unspecified atom stereocenters. The number of Topliss-reactive ketones (excluding diaryl/α,β-unsaturated/α-hetero) is 1. The average Bonchev–Trinajstić information content (AvgIpc) is 2.85. The topological polar surface area (TPSA) is 114 Å². The first-order chi connectivity index (χ1) is 16.0. The minimum atomic E-state index is -1.35. The Labute approximate surface area is 191 Å². The third-order valence-electron chi connectivity index (χ3n) is 5.76.